The lowest BCUT2D eigenvalue weighted by atomic mass is 9.81. The van der Waals surface area contributed by atoms with Gasteiger partial charge in [-0.15, -0.1) is 0 Å². The number of aryl methyl sites for hydroxylation is 1. The highest BCUT2D eigenvalue weighted by atomic mass is 35.5. The fraction of sp³-hybridized carbons (Fsp3) is 0.312. The van der Waals surface area contributed by atoms with Crippen LogP contribution in [0.4, 0.5) is 0 Å². The number of ether oxygens (including phenoxy) is 1. The average molecular weight is 334 g/mol. The molecule has 2 aromatic rings. The summed E-state index contributed by atoms with van der Waals surface area (Å²) in [5.41, 5.74) is 1.18. The zero-order chi connectivity index (χ0) is 17.0. The van der Waals surface area contributed by atoms with Crippen molar-refractivity contribution in [3.8, 4) is 6.07 Å². The molecule has 0 radical (unpaired) electrons. The van der Waals surface area contributed by atoms with Gasteiger partial charge in [-0.25, -0.2) is 0 Å². The van der Waals surface area contributed by atoms with Crippen LogP contribution >= 0.6 is 11.6 Å². The van der Waals surface area contributed by atoms with Crippen molar-refractivity contribution in [1.29, 1.82) is 5.26 Å². The van der Waals surface area contributed by atoms with Crippen LogP contribution in [-0.2, 0) is 9.53 Å². The monoisotopic (exact) mass is 333 g/mol. The smallest absolute Gasteiger partial charge is 0.324 e. The third-order valence-electron chi connectivity index (χ3n) is 3.57. The third-order valence-corrected chi connectivity index (χ3v) is 3.82. The van der Waals surface area contributed by atoms with Crippen LogP contribution in [0, 0.1) is 24.2 Å². The van der Waals surface area contributed by atoms with E-state index in [0.29, 0.717) is 21.8 Å². The van der Waals surface area contributed by atoms with Gasteiger partial charge in [0.25, 0.3) is 5.56 Å². The van der Waals surface area contributed by atoms with Gasteiger partial charge in [-0.3, -0.25) is 14.7 Å². The number of H-pyrrole nitrogens is 2. The van der Waals surface area contributed by atoms with Crippen molar-refractivity contribution in [2.45, 2.75) is 19.8 Å². The van der Waals surface area contributed by atoms with Crippen molar-refractivity contribution in [3.05, 3.63) is 56.5 Å². The first-order chi connectivity index (χ1) is 11.0. The lowest BCUT2D eigenvalue weighted by Gasteiger charge is -2.20. The minimum atomic E-state index is -1.13. The first kappa shape index (κ1) is 16.8. The van der Waals surface area contributed by atoms with E-state index in [0.717, 1.165) is 0 Å². The number of benzene rings is 1. The summed E-state index contributed by atoms with van der Waals surface area (Å²) in [6.45, 7) is 3.53. The molecule has 2 rings (SSSR count). The molecule has 1 aromatic heterocycles. The Kier molecular flexibility index (Phi) is 5.24. The third kappa shape index (κ3) is 3.46. The number of hydrogen-bond donors (Lipinski definition) is 2. The molecule has 0 fully saturated rings. The number of aromatic nitrogens is 2. The lowest BCUT2D eigenvalue weighted by molar-refractivity contribution is -0.146. The van der Waals surface area contributed by atoms with Crippen LogP contribution in [0.25, 0.3) is 0 Å². The van der Waals surface area contributed by atoms with E-state index in [9.17, 15) is 14.9 Å². The molecule has 1 aromatic carbocycles. The predicted molar refractivity (Wildman–Crippen MR) is 85.2 cm³/mol. The Morgan fingerprint density at radius 1 is 1.35 bits per heavy atom. The molecule has 0 saturated carbocycles. The number of nitrogens with zero attached hydrogens (tertiary/aromatic N) is 1. The Bertz CT molecular complexity index is 786. The molecule has 2 N–H and O–H groups in total. The van der Waals surface area contributed by atoms with Crippen LogP contribution in [0.1, 0.15) is 29.7 Å². The highest BCUT2D eigenvalue weighted by Gasteiger charge is 2.35. The summed E-state index contributed by atoms with van der Waals surface area (Å²) in [7, 11) is 0. The Morgan fingerprint density at radius 2 is 2.00 bits per heavy atom. The minimum absolute atomic E-state index is 0.160. The first-order valence-electron chi connectivity index (χ1n) is 7.08. The second-order valence-electron chi connectivity index (χ2n) is 5.01. The molecule has 0 aliphatic rings. The summed E-state index contributed by atoms with van der Waals surface area (Å²) in [5, 5.41) is 15.2. The fourth-order valence-electron chi connectivity index (χ4n) is 2.52. The first-order valence-corrected chi connectivity index (χ1v) is 7.46. The van der Waals surface area contributed by atoms with Gasteiger partial charge >= 0.3 is 5.97 Å². The molecule has 23 heavy (non-hydrogen) atoms. The Labute approximate surface area is 138 Å². The van der Waals surface area contributed by atoms with Crippen LogP contribution in [0.15, 0.2) is 29.1 Å². The maximum absolute atomic E-state index is 12.2. The van der Waals surface area contributed by atoms with Gasteiger partial charge < -0.3 is 9.84 Å². The maximum Gasteiger partial charge on any atom is 0.324 e. The number of carbonyl (C=O) groups is 1. The normalized spacial score (nSPS) is 13.1. The van der Waals surface area contributed by atoms with E-state index in [1.54, 1.807) is 38.1 Å². The van der Waals surface area contributed by atoms with E-state index in [4.69, 9.17) is 16.3 Å². The number of nitrogens with one attached hydrogen (secondary N) is 2. The van der Waals surface area contributed by atoms with Gasteiger partial charge in [-0.1, -0.05) is 23.7 Å². The second kappa shape index (κ2) is 7.16. The van der Waals surface area contributed by atoms with Crippen LogP contribution in [0.3, 0.4) is 0 Å². The van der Waals surface area contributed by atoms with E-state index in [1.165, 1.54) is 0 Å². The van der Waals surface area contributed by atoms with Crippen molar-refractivity contribution >= 4 is 17.6 Å². The van der Waals surface area contributed by atoms with Gasteiger partial charge in [-0.05, 0) is 31.5 Å². The number of aromatic amines is 2. The molecule has 0 amide bonds. The van der Waals surface area contributed by atoms with Crippen molar-refractivity contribution in [1.82, 2.24) is 10.2 Å². The van der Waals surface area contributed by atoms with E-state index in [-0.39, 0.29) is 12.2 Å². The van der Waals surface area contributed by atoms with Gasteiger partial charge in [-0.2, -0.15) is 5.26 Å². The zero-order valence-corrected chi connectivity index (χ0v) is 13.5. The molecule has 1 heterocycles. The molecule has 120 valence electrons. The molecule has 0 bridgehead atoms. The predicted octanol–water partition coefficient (Wildman–Crippen LogP) is 2.50. The molecule has 2 atom stereocenters. The van der Waals surface area contributed by atoms with E-state index in [2.05, 4.69) is 10.2 Å². The molecule has 0 spiro atoms. The number of nitriles is 1. The molecule has 0 aliphatic heterocycles. The Hall–Kier alpha value is -2.52. The van der Waals surface area contributed by atoms with Crippen molar-refractivity contribution in [3.63, 3.8) is 0 Å². The van der Waals surface area contributed by atoms with Gasteiger partial charge in [0.15, 0.2) is 5.92 Å². The summed E-state index contributed by atoms with van der Waals surface area (Å²) in [5.74, 6) is -2.53. The van der Waals surface area contributed by atoms with Crippen LogP contribution in [0.5, 0.6) is 0 Å². The van der Waals surface area contributed by atoms with Gasteiger partial charge in [0.05, 0.1) is 12.7 Å². The Balaban J connectivity index is 2.60. The number of esters is 1. The molecule has 7 heteroatoms. The van der Waals surface area contributed by atoms with Gasteiger partial charge in [0.1, 0.15) is 0 Å². The fourth-order valence-corrected chi connectivity index (χ4v) is 2.65. The lowest BCUT2D eigenvalue weighted by Crippen LogP contribution is -2.27. The number of halogens is 1. The standard InChI is InChI=1S/C16H16ClN3O3/c1-3-23-16(22)12(8-18)14(10-4-6-11(17)7-5-10)13-9(2)19-20-15(13)21/h4-7,12,14H,3H2,1-2H3,(H2,19,20,21)/t12-,14-/m0/s1. The van der Waals surface area contributed by atoms with Crippen molar-refractivity contribution in [2.75, 3.05) is 6.61 Å². The largest absolute Gasteiger partial charge is 0.465 e. The summed E-state index contributed by atoms with van der Waals surface area (Å²) in [4.78, 5) is 24.3. The van der Waals surface area contributed by atoms with Crippen LogP contribution in [0.2, 0.25) is 5.02 Å². The van der Waals surface area contributed by atoms with Gasteiger partial charge in [0, 0.05) is 22.2 Å². The molecule has 0 aliphatic carbocycles. The maximum atomic E-state index is 12.2. The van der Waals surface area contributed by atoms with E-state index < -0.39 is 17.8 Å². The summed E-state index contributed by atoms with van der Waals surface area (Å²) in [6, 6.07) is 8.67. The highest BCUT2D eigenvalue weighted by Crippen LogP contribution is 2.33. The zero-order valence-electron chi connectivity index (χ0n) is 12.7. The van der Waals surface area contributed by atoms with Crippen molar-refractivity contribution in [2.24, 2.45) is 5.92 Å². The van der Waals surface area contributed by atoms with Gasteiger partial charge in [0.2, 0.25) is 0 Å². The van der Waals surface area contributed by atoms with Crippen molar-refractivity contribution < 1.29 is 9.53 Å². The average Bonchev–Trinajstić information content (AvgIpc) is 2.85. The van der Waals surface area contributed by atoms with Crippen LogP contribution < -0.4 is 5.56 Å². The SMILES string of the molecule is CCOC(=O)[C@@H](C#N)[C@H](c1ccc(Cl)cc1)c1c(C)[nH][nH]c1=O. The molecular weight excluding hydrogens is 318 g/mol. The highest BCUT2D eigenvalue weighted by molar-refractivity contribution is 6.30. The Morgan fingerprint density at radius 3 is 2.48 bits per heavy atom. The van der Waals surface area contributed by atoms with Crippen LogP contribution in [-0.4, -0.2) is 22.8 Å². The quantitative estimate of drug-likeness (QED) is 0.821. The summed E-state index contributed by atoms with van der Waals surface area (Å²) in [6.07, 6.45) is 0. The minimum Gasteiger partial charge on any atom is -0.465 e. The van der Waals surface area contributed by atoms with E-state index in [1.807, 2.05) is 6.07 Å². The van der Waals surface area contributed by atoms with E-state index >= 15 is 0 Å². The summed E-state index contributed by atoms with van der Waals surface area (Å²) >= 11 is 5.90. The number of hydrogen-bond acceptors (Lipinski definition) is 4. The number of rotatable bonds is 5. The molecule has 0 saturated heterocycles. The second-order valence-corrected chi connectivity index (χ2v) is 5.44. The topological polar surface area (TPSA) is 98.7 Å². The number of carbonyl (C=O) groups excluding carboxylic acids is 1. The molecule has 0 unspecified atom stereocenters. The molecular formula is C16H16ClN3O3. The summed E-state index contributed by atoms with van der Waals surface area (Å²) < 4.78 is 4.99. The molecule has 6 nitrogen and oxygen atoms in total.